The summed E-state index contributed by atoms with van der Waals surface area (Å²) < 4.78 is 39.3. The van der Waals surface area contributed by atoms with Gasteiger partial charge in [0.1, 0.15) is 18.1 Å². The number of ether oxygens (including phenoxy) is 3. The average Bonchev–Trinajstić information content (AvgIpc) is 2.81. The highest BCUT2D eigenvalue weighted by molar-refractivity contribution is 6.07. The van der Waals surface area contributed by atoms with Crippen LogP contribution in [-0.2, 0) is 11.3 Å². The zero-order valence-electron chi connectivity index (χ0n) is 17.2. The van der Waals surface area contributed by atoms with Crippen LogP contribution in [0.1, 0.15) is 31.8 Å². The lowest BCUT2D eigenvalue weighted by molar-refractivity contribution is -0.0498. The first-order valence-electron chi connectivity index (χ1n) is 9.62. The molecule has 0 bridgehead atoms. The van der Waals surface area contributed by atoms with Gasteiger partial charge in [-0.05, 0) is 60.2 Å². The first-order chi connectivity index (χ1) is 15.5. The van der Waals surface area contributed by atoms with Gasteiger partial charge in [-0.15, -0.1) is 0 Å². The molecule has 5 nitrogen and oxygen atoms in total. The quantitative estimate of drug-likeness (QED) is 0.249. The van der Waals surface area contributed by atoms with Crippen LogP contribution in [0, 0.1) is 0 Å². The SMILES string of the molecule is COC(=O)c1ccc(COc2ccccc2C=CC(=O)c2ccc(OC(F)F)cc2)cc1. The molecule has 164 valence electrons. The highest BCUT2D eigenvalue weighted by atomic mass is 19.3. The largest absolute Gasteiger partial charge is 0.488 e. The van der Waals surface area contributed by atoms with Crippen molar-refractivity contribution in [1.29, 1.82) is 0 Å². The Hall–Kier alpha value is -4.00. The fourth-order valence-corrected chi connectivity index (χ4v) is 2.83. The Bertz CT molecular complexity index is 1090. The number of carbonyl (C=O) groups is 2. The Morgan fingerprint density at radius 2 is 1.56 bits per heavy atom. The summed E-state index contributed by atoms with van der Waals surface area (Å²) in [6, 6.07) is 19.6. The number of benzene rings is 3. The van der Waals surface area contributed by atoms with Gasteiger partial charge in [0.25, 0.3) is 0 Å². The fraction of sp³-hybridized carbons (Fsp3) is 0.120. The Morgan fingerprint density at radius 1 is 0.906 bits per heavy atom. The summed E-state index contributed by atoms with van der Waals surface area (Å²) in [5.41, 5.74) is 2.35. The van der Waals surface area contributed by atoms with Gasteiger partial charge in [0.05, 0.1) is 12.7 Å². The molecule has 7 heteroatoms. The molecule has 32 heavy (non-hydrogen) atoms. The number of hydrogen-bond donors (Lipinski definition) is 0. The number of esters is 1. The maximum atomic E-state index is 12.4. The van der Waals surface area contributed by atoms with Gasteiger partial charge in [-0.2, -0.15) is 8.78 Å². The molecule has 0 saturated heterocycles. The van der Waals surface area contributed by atoms with Gasteiger partial charge < -0.3 is 14.2 Å². The van der Waals surface area contributed by atoms with E-state index < -0.39 is 12.6 Å². The number of halogens is 2. The lowest BCUT2D eigenvalue weighted by atomic mass is 10.1. The van der Waals surface area contributed by atoms with E-state index >= 15 is 0 Å². The normalized spacial score (nSPS) is 10.9. The van der Waals surface area contributed by atoms with E-state index in [2.05, 4.69) is 9.47 Å². The molecule has 0 aliphatic rings. The second-order valence-corrected chi connectivity index (χ2v) is 6.62. The molecule has 0 amide bonds. The predicted molar refractivity (Wildman–Crippen MR) is 115 cm³/mol. The molecule has 3 rings (SSSR count). The van der Waals surface area contributed by atoms with Gasteiger partial charge in [0.2, 0.25) is 0 Å². The van der Waals surface area contributed by atoms with Crippen molar-refractivity contribution in [2.45, 2.75) is 13.2 Å². The molecular formula is C25H20F2O5. The number of carbonyl (C=O) groups excluding carboxylic acids is 2. The standard InChI is InChI=1S/C25H20F2O5/c1-30-24(29)20-8-6-17(7-9-20)16-31-23-5-3-2-4-19(23)12-15-22(28)18-10-13-21(14-11-18)32-25(26)27/h2-15,25H,16H2,1H3. The number of methoxy groups -OCH3 is 1. The molecule has 0 aliphatic heterocycles. The number of allylic oxidation sites excluding steroid dienone is 1. The van der Waals surface area contributed by atoms with Gasteiger partial charge in [-0.3, -0.25) is 4.79 Å². The lowest BCUT2D eigenvalue weighted by Gasteiger charge is -2.10. The third-order valence-corrected chi connectivity index (χ3v) is 4.47. The van der Waals surface area contributed by atoms with Gasteiger partial charge in [0.15, 0.2) is 5.78 Å². The molecule has 0 N–H and O–H groups in total. The molecule has 0 saturated carbocycles. The summed E-state index contributed by atoms with van der Waals surface area (Å²) in [7, 11) is 1.32. The third kappa shape index (κ3) is 6.25. The molecular weight excluding hydrogens is 418 g/mol. The summed E-state index contributed by atoms with van der Waals surface area (Å²) in [5.74, 6) is -0.135. The van der Waals surface area contributed by atoms with Gasteiger partial charge in [0, 0.05) is 11.1 Å². The monoisotopic (exact) mass is 438 g/mol. The Kier molecular flexibility index (Phi) is 7.70. The van der Waals surface area contributed by atoms with Crippen LogP contribution in [0.4, 0.5) is 8.78 Å². The maximum absolute atomic E-state index is 12.4. The molecule has 0 aliphatic carbocycles. The second-order valence-electron chi connectivity index (χ2n) is 6.62. The van der Waals surface area contributed by atoms with E-state index in [1.54, 1.807) is 42.5 Å². The molecule has 0 spiro atoms. The van der Waals surface area contributed by atoms with E-state index in [-0.39, 0.29) is 18.1 Å². The number of alkyl halides is 2. The van der Waals surface area contributed by atoms with E-state index in [1.807, 2.05) is 12.1 Å². The van der Waals surface area contributed by atoms with Crippen LogP contribution in [-0.4, -0.2) is 25.5 Å². The minimum atomic E-state index is -2.92. The average molecular weight is 438 g/mol. The first kappa shape index (κ1) is 22.7. The summed E-state index contributed by atoms with van der Waals surface area (Å²) in [4.78, 5) is 23.9. The summed E-state index contributed by atoms with van der Waals surface area (Å²) >= 11 is 0. The maximum Gasteiger partial charge on any atom is 0.387 e. The summed E-state index contributed by atoms with van der Waals surface area (Å²) in [6.07, 6.45) is 3.01. The van der Waals surface area contributed by atoms with Crippen molar-refractivity contribution in [1.82, 2.24) is 0 Å². The van der Waals surface area contributed by atoms with Crippen molar-refractivity contribution in [3.63, 3.8) is 0 Å². The number of rotatable bonds is 9. The van der Waals surface area contributed by atoms with Crippen molar-refractivity contribution < 1.29 is 32.6 Å². The lowest BCUT2D eigenvalue weighted by Crippen LogP contribution is -2.02. The van der Waals surface area contributed by atoms with E-state index in [1.165, 1.54) is 37.5 Å². The predicted octanol–water partition coefficient (Wildman–Crippen LogP) is 5.55. The van der Waals surface area contributed by atoms with Crippen molar-refractivity contribution >= 4 is 17.8 Å². The van der Waals surface area contributed by atoms with E-state index in [9.17, 15) is 18.4 Å². The van der Waals surface area contributed by atoms with Crippen LogP contribution in [0.15, 0.2) is 78.9 Å². The Labute approximate surface area is 183 Å². The van der Waals surface area contributed by atoms with Crippen LogP contribution < -0.4 is 9.47 Å². The summed E-state index contributed by atoms with van der Waals surface area (Å²) in [5, 5.41) is 0. The molecule has 0 fully saturated rings. The number of para-hydroxylation sites is 1. The third-order valence-electron chi connectivity index (χ3n) is 4.47. The molecule has 0 radical (unpaired) electrons. The van der Waals surface area contributed by atoms with Gasteiger partial charge in [-0.25, -0.2) is 4.79 Å². The Morgan fingerprint density at radius 3 is 2.22 bits per heavy atom. The van der Waals surface area contributed by atoms with Crippen molar-refractivity contribution in [2.24, 2.45) is 0 Å². The zero-order valence-corrected chi connectivity index (χ0v) is 17.2. The van der Waals surface area contributed by atoms with Crippen molar-refractivity contribution in [2.75, 3.05) is 7.11 Å². The van der Waals surface area contributed by atoms with Crippen molar-refractivity contribution in [3.8, 4) is 11.5 Å². The van der Waals surface area contributed by atoms with Crippen LogP contribution in [0.5, 0.6) is 11.5 Å². The first-order valence-corrected chi connectivity index (χ1v) is 9.62. The zero-order chi connectivity index (χ0) is 22.9. The number of hydrogen-bond acceptors (Lipinski definition) is 5. The molecule has 3 aromatic carbocycles. The molecule has 0 atom stereocenters. The van der Waals surface area contributed by atoms with Crippen LogP contribution in [0.25, 0.3) is 6.08 Å². The van der Waals surface area contributed by atoms with Gasteiger partial charge in [-0.1, -0.05) is 30.3 Å². The minimum Gasteiger partial charge on any atom is -0.488 e. The van der Waals surface area contributed by atoms with Crippen LogP contribution in [0.2, 0.25) is 0 Å². The highest BCUT2D eigenvalue weighted by Gasteiger charge is 2.08. The van der Waals surface area contributed by atoms with E-state index in [0.29, 0.717) is 22.4 Å². The minimum absolute atomic E-state index is 0.0149. The molecule has 0 unspecified atom stereocenters. The molecule has 0 aromatic heterocycles. The molecule has 0 heterocycles. The van der Waals surface area contributed by atoms with Gasteiger partial charge >= 0.3 is 12.6 Å². The molecule has 3 aromatic rings. The number of ketones is 1. The van der Waals surface area contributed by atoms with E-state index in [0.717, 1.165) is 5.56 Å². The smallest absolute Gasteiger partial charge is 0.387 e. The topological polar surface area (TPSA) is 61.8 Å². The Balaban J connectivity index is 1.65. The second kappa shape index (κ2) is 10.9. The fourth-order valence-electron chi connectivity index (χ4n) is 2.83. The summed E-state index contributed by atoms with van der Waals surface area (Å²) in [6.45, 7) is -2.65. The highest BCUT2D eigenvalue weighted by Crippen LogP contribution is 2.22. The van der Waals surface area contributed by atoms with E-state index in [4.69, 9.17) is 4.74 Å². The van der Waals surface area contributed by atoms with Crippen molar-refractivity contribution in [3.05, 3.63) is 101 Å². The van der Waals surface area contributed by atoms with Crippen LogP contribution >= 0.6 is 0 Å². The van der Waals surface area contributed by atoms with Crippen LogP contribution in [0.3, 0.4) is 0 Å².